The highest BCUT2D eigenvalue weighted by Crippen LogP contribution is 2.21. The van der Waals surface area contributed by atoms with Crippen LogP contribution in [0.5, 0.6) is 0 Å². The Hall–Kier alpha value is -1.76. The van der Waals surface area contributed by atoms with Gasteiger partial charge in [0.15, 0.2) is 5.78 Å². The molecule has 0 aliphatic rings. The molecule has 0 unspecified atom stereocenters. The van der Waals surface area contributed by atoms with Crippen molar-refractivity contribution < 1.29 is 22.8 Å². The molecule has 1 aromatic rings. The van der Waals surface area contributed by atoms with Crippen LogP contribution in [-0.4, -0.2) is 24.4 Å². The summed E-state index contributed by atoms with van der Waals surface area (Å²) in [5.41, 5.74) is 6.08. The number of Topliss-reactive ketones (excluding diaryl/α,β-unsaturated/α-hetero) is 1. The maximum Gasteiger partial charge on any atom is 0.390 e. The van der Waals surface area contributed by atoms with E-state index < -0.39 is 30.8 Å². The number of carbonyl (C=O) groups excluding carboxylic acids is 2. The molecule has 0 saturated heterocycles. The van der Waals surface area contributed by atoms with Crippen LogP contribution in [0.15, 0.2) is 18.2 Å². The maximum absolute atomic E-state index is 11.9. The number of hydrogen-bond donors (Lipinski definition) is 2. The summed E-state index contributed by atoms with van der Waals surface area (Å²) in [6, 6.07) is 4.39. The van der Waals surface area contributed by atoms with Crippen LogP contribution in [0.25, 0.3) is 0 Å². The van der Waals surface area contributed by atoms with Crippen molar-refractivity contribution >= 4 is 29.0 Å². The molecule has 21 heavy (non-hydrogen) atoms. The molecule has 0 saturated carbocycles. The van der Waals surface area contributed by atoms with Gasteiger partial charge in [-0.15, -0.1) is 0 Å². The van der Waals surface area contributed by atoms with Crippen LogP contribution in [0.3, 0.4) is 0 Å². The normalized spacial score (nSPS) is 11.2. The van der Waals surface area contributed by atoms with Crippen LogP contribution >= 0.6 is 11.6 Å². The van der Waals surface area contributed by atoms with Gasteiger partial charge in [0.05, 0.1) is 11.4 Å². The lowest BCUT2D eigenvalue weighted by Crippen LogP contribution is -2.28. The fraction of sp³-hybridized carbons (Fsp3) is 0.385. The predicted octanol–water partition coefficient (Wildman–Crippen LogP) is 2.95. The summed E-state index contributed by atoms with van der Waals surface area (Å²) in [7, 11) is 0. The number of alkyl halides is 3. The van der Waals surface area contributed by atoms with E-state index in [4.69, 9.17) is 17.3 Å². The van der Waals surface area contributed by atoms with E-state index in [9.17, 15) is 22.8 Å². The summed E-state index contributed by atoms with van der Waals surface area (Å²) in [6.45, 7) is -0.504. The average Bonchev–Trinajstić information content (AvgIpc) is 2.37. The third-order valence-corrected chi connectivity index (χ3v) is 2.93. The van der Waals surface area contributed by atoms with E-state index in [1.165, 1.54) is 18.2 Å². The molecule has 0 aromatic heterocycles. The number of halogens is 4. The van der Waals surface area contributed by atoms with E-state index >= 15 is 0 Å². The van der Waals surface area contributed by atoms with Gasteiger partial charge in [-0.05, 0) is 18.2 Å². The summed E-state index contributed by atoms with van der Waals surface area (Å²) in [5, 5.41) is 2.32. The third-order valence-electron chi connectivity index (χ3n) is 2.60. The van der Waals surface area contributed by atoms with Gasteiger partial charge in [-0.3, -0.25) is 9.59 Å². The Morgan fingerprint density at radius 2 is 1.90 bits per heavy atom. The van der Waals surface area contributed by atoms with Crippen LogP contribution in [0.4, 0.5) is 18.9 Å². The Kier molecular flexibility index (Phi) is 6.02. The SMILES string of the molecule is Nc1ccc(Cl)c(C(=O)CCC(=O)NCCC(F)(F)F)c1. The minimum Gasteiger partial charge on any atom is -0.399 e. The van der Waals surface area contributed by atoms with Crippen LogP contribution in [0, 0.1) is 0 Å². The number of carbonyl (C=O) groups is 2. The van der Waals surface area contributed by atoms with Crippen LogP contribution in [0.1, 0.15) is 29.6 Å². The minimum absolute atomic E-state index is 0.152. The molecule has 0 spiro atoms. The largest absolute Gasteiger partial charge is 0.399 e. The Morgan fingerprint density at radius 3 is 2.52 bits per heavy atom. The quantitative estimate of drug-likeness (QED) is 0.625. The lowest BCUT2D eigenvalue weighted by atomic mass is 10.1. The Morgan fingerprint density at radius 1 is 1.24 bits per heavy atom. The molecule has 1 amide bonds. The fourth-order valence-corrected chi connectivity index (χ4v) is 1.77. The van der Waals surface area contributed by atoms with E-state index in [1.54, 1.807) is 0 Å². The molecule has 0 aliphatic carbocycles. The Balaban J connectivity index is 2.42. The van der Waals surface area contributed by atoms with Crippen molar-refractivity contribution in [1.82, 2.24) is 5.32 Å². The molecule has 0 atom stereocenters. The van der Waals surface area contributed by atoms with Crippen molar-refractivity contribution in [2.24, 2.45) is 0 Å². The molecule has 0 fully saturated rings. The van der Waals surface area contributed by atoms with E-state index in [2.05, 4.69) is 5.32 Å². The second kappa shape index (κ2) is 7.31. The van der Waals surface area contributed by atoms with E-state index in [0.29, 0.717) is 5.69 Å². The average molecular weight is 323 g/mol. The first-order valence-electron chi connectivity index (χ1n) is 6.11. The Bertz CT molecular complexity index is 533. The number of anilines is 1. The molecule has 0 aliphatic heterocycles. The summed E-state index contributed by atoms with van der Waals surface area (Å²) in [5.74, 6) is -1.01. The number of nitrogens with one attached hydrogen (secondary N) is 1. The molecule has 8 heteroatoms. The van der Waals surface area contributed by atoms with Crippen LogP contribution in [-0.2, 0) is 4.79 Å². The summed E-state index contributed by atoms with van der Waals surface area (Å²) in [6.07, 6.45) is -5.78. The van der Waals surface area contributed by atoms with Gasteiger partial charge in [0.1, 0.15) is 0 Å². The number of nitrogen functional groups attached to an aromatic ring is 1. The van der Waals surface area contributed by atoms with Gasteiger partial charge in [-0.2, -0.15) is 13.2 Å². The number of benzene rings is 1. The van der Waals surface area contributed by atoms with Crippen molar-refractivity contribution in [1.29, 1.82) is 0 Å². The van der Waals surface area contributed by atoms with E-state index in [0.717, 1.165) is 0 Å². The van der Waals surface area contributed by atoms with Gasteiger partial charge in [0, 0.05) is 30.6 Å². The molecular formula is C13H14ClF3N2O2. The molecule has 3 N–H and O–H groups in total. The predicted molar refractivity (Wildman–Crippen MR) is 73.1 cm³/mol. The van der Waals surface area contributed by atoms with E-state index in [-0.39, 0.29) is 23.4 Å². The van der Waals surface area contributed by atoms with Gasteiger partial charge >= 0.3 is 6.18 Å². The number of amides is 1. The topological polar surface area (TPSA) is 72.2 Å². The lowest BCUT2D eigenvalue weighted by Gasteiger charge is -2.08. The highest BCUT2D eigenvalue weighted by Gasteiger charge is 2.26. The van der Waals surface area contributed by atoms with Gasteiger partial charge in [-0.25, -0.2) is 0 Å². The molecule has 1 aromatic carbocycles. The zero-order valence-electron chi connectivity index (χ0n) is 11.0. The zero-order valence-corrected chi connectivity index (χ0v) is 11.7. The van der Waals surface area contributed by atoms with Crippen molar-refractivity contribution in [2.45, 2.75) is 25.4 Å². The number of ketones is 1. The molecule has 0 heterocycles. The maximum atomic E-state index is 11.9. The monoisotopic (exact) mass is 322 g/mol. The molecule has 116 valence electrons. The third kappa shape index (κ3) is 6.48. The number of nitrogens with two attached hydrogens (primary N) is 1. The van der Waals surface area contributed by atoms with Gasteiger partial charge in [0.2, 0.25) is 5.91 Å². The highest BCUT2D eigenvalue weighted by atomic mass is 35.5. The summed E-state index contributed by atoms with van der Waals surface area (Å²) in [4.78, 5) is 23.2. The lowest BCUT2D eigenvalue weighted by molar-refractivity contribution is -0.135. The van der Waals surface area contributed by atoms with Crippen molar-refractivity contribution in [3.05, 3.63) is 28.8 Å². The van der Waals surface area contributed by atoms with Crippen molar-refractivity contribution in [2.75, 3.05) is 12.3 Å². The summed E-state index contributed by atoms with van der Waals surface area (Å²) >= 11 is 5.84. The van der Waals surface area contributed by atoms with Gasteiger partial charge < -0.3 is 11.1 Å². The second-order valence-corrected chi connectivity index (χ2v) is 4.78. The first-order valence-corrected chi connectivity index (χ1v) is 6.48. The standard InChI is InChI=1S/C13H14ClF3N2O2/c14-10-2-1-8(18)7-9(10)11(20)3-4-12(21)19-6-5-13(15,16)17/h1-2,7H,3-6,18H2,(H,19,21). The van der Waals surface area contributed by atoms with Crippen molar-refractivity contribution in [3.63, 3.8) is 0 Å². The molecule has 0 radical (unpaired) electrons. The molecular weight excluding hydrogens is 309 g/mol. The zero-order chi connectivity index (χ0) is 16.0. The van der Waals surface area contributed by atoms with Crippen LogP contribution in [0.2, 0.25) is 5.02 Å². The first-order chi connectivity index (χ1) is 9.69. The summed E-state index contributed by atoms with van der Waals surface area (Å²) < 4.78 is 35.7. The van der Waals surface area contributed by atoms with Gasteiger partial charge in [0.25, 0.3) is 0 Å². The fourth-order valence-electron chi connectivity index (χ4n) is 1.55. The molecule has 0 bridgehead atoms. The van der Waals surface area contributed by atoms with Crippen molar-refractivity contribution in [3.8, 4) is 0 Å². The van der Waals surface area contributed by atoms with E-state index in [1.807, 2.05) is 0 Å². The second-order valence-electron chi connectivity index (χ2n) is 4.38. The number of rotatable bonds is 6. The van der Waals surface area contributed by atoms with Gasteiger partial charge in [-0.1, -0.05) is 11.6 Å². The Labute approximate surface area is 124 Å². The highest BCUT2D eigenvalue weighted by molar-refractivity contribution is 6.34. The smallest absolute Gasteiger partial charge is 0.390 e. The van der Waals surface area contributed by atoms with Crippen LogP contribution < -0.4 is 11.1 Å². The molecule has 4 nitrogen and oxygen atoms in total. The first kappa shape index (κ1) is 17.3. The number of hydrogen-bond acceptors (Lipinski definition) is 3. The minimum atomic E-state index is -4.32. The molecule has 1 rings (SSSR count).